The molecule has 26 heavy (non-hydrogen) atoms. The van der Waals surface area contributed by atoms with Gasteiger partial charge in [-0.25, -0.2) is 4.79 Å². The number of aliphatic carboxylic acids is 1. The zero-order valence-corrected chi connectivity index (χ0v) is 14.7. The van der Waals surface area contributed by atoms with Crippen molar-refractivity contribution in [1.29, 1.82) is 0 Å². The van der Waals surface area contributed by atoms with Crippen LogP contribution in [0.2, 0.25) is 0 Å². The fourth-order valence-electron chi connectivity index (χ4n) is 3.40. The van der Waals surface area contributed by atoms with Gasteiger partial charge in [0.05, 0.1) is 17.4 Å². The molecule has 1 aliphatic heterocycles. The van der Waals surface area contributed by atoms with Gasteiger partial charge in [0.25, 0.3) is 5.91 Å². The molecule has 0 saturated carbocycles. The predicted molar refractivity (Wildman–Crippen MR) is 91.8 cm³/mol. The molecule has 1 atom stereocenters. The van der Waals surface area contributed by atoms with E-state index in [1.807, 2.05) is 13.8 Å². The van der Waals surface area contributed by atoms with Crippen molar-refractivity contribution >= 4 is 22.8 Å². The molecule has 1 fully saturated rings. The maximum atomic E-state index is 12.4. The highest BCUT2D eigenvalue weighted by Gasteiger charge is 2.29. The molecule has 138 valence electrons. The topological polar surface area (TPSA) is 99.9 Å². The molecule has 7 nitrogen and oxygen atoms in total. The number of rotatable bonds is 5. The largest absolute Gasteiger partial charge is 0.548 e. The van der Waals surface area contributed by atoms with Gasteiger partial charge in [-0.3, -0.25) is 4.79 Å². The number of hydrogen-bond acceptors (Lipinski definition) is 6. The molecular weight excluding hydrogens is 338 g/mol. The number of carbonyl (C=O) groups is 2. The van der Waals surface area contributed by atoms with E-state index in [1.54, 1.807) is 12.1 Å². The van der Waals surface area contributed by atoms with Crippen molar-refractivity contribution in [3.05, 3.63) is 39.7 Å². The van der Waals surface area contributed by atoms with E-state index in [2.05, 4.69) is 0 Å². The maximum absolute atomic E-state index is 12.4. The lowest BCUT2D eigenvalue weighted by Gasteiger charge is -2.25. The summed E-state index contributed by atoms with van der Waals surface area (Å²) in [5, 5.41) is 11.8. The summed E-state index contributed by atoms with van der Waals surface area (Å²) in [5.74, 6) is -1.20. The van der Waals surface area contributed by atoms with Crippen molar-refractivity contribution in [2.75, 3.05) is 13.2 Å². The molecule has 0 radical (unpaired) electrons. The summed E-state index contributed by atoms with van der Waals surface area (Å²) < 4.78 is 11.0. The van der Waals surface area contributed by atoms with Crippen molar-refractivity contribution in [1.82, 2.24) is 4.90 Å². The molecule has 7 heteroatoms. The molecule has 1 aromatic carbocycles. The number of ether oxygens (including phenoxy) is 1. The Morgan fingerprint density at radius 3 is 2.81 bits per heavy atom. The first-order valence-corrected chi connectivity index (χ1v) is 8.61. The number of hydrogen-bond donors (Lipinski definition) is 0. The van der Waals surface area contributed by atoms with Crippen molar-refractivity contribution in [3.8, 4) is 5.75 Å². The van der Waals surface area contributed by atoms with Crippen LogP contribution in [-0.4, -0.2) is 36.0 Å². The van der Waals surface area contributed by atoms with E-state index in [4.69, 9.17) is 9.15 Å². The normalized spacial score (nSPS) is 16.8. The lowest BCUT2D eigenvalue weighted by Crippen LogP contribution is -2.48. The summed E-state index contributed by atoms with van der Waals surface area (Å²) in [4.78, 5) is 36.5. The van der Waals surface area contributed by atoms with E-state index in [9.17, 15) is 19.5 Å². The number of fused-ring (bicyclic) bond motifs is 1. The number of nitrogens with zero attached hydrogens (tertiary/aromatic N) is 1. The van der Waals surface area contributed by atoms with Crippen molar-refractivity contribution in [2.45, 2.75) is 39.2 Å². The van der Waals surface area contributed by atoms with Crippen molar-refractivity contribution in [2.24, 2.45) is 0 Å². The summed E-state index contributed by atoms with van der Waals surface area (Å²) in [5.41, 5.74) is 1.57. The van der Waals surface area contributed by atoms with Crippen molar-refractivity contribution < 1.29 is 23.8 Å². The maximum Gasteiger partial charge on any atom is 0.336 e. The van der Waals surface area contributed by atoms with Gasteiger partial charge in [-0.2, -0.15) is 0 Å². The lowest BCUT2D eigenvalue weighted by molar-refractivity contribution is -0.310. The Labute approximate surface area is 150 Å². The summed E-state index contributed by atoms with van der Waals surface area (Å²) in [6.45, 7) is 3.84. The number of carboxylic acid groups (broad SMARTS) is 1. The van der Waals surface area contributed by atoms with Crippen LogP contribution in [0.1, 0.15) is 30.9 Å². The second-order valence-electron chi connectivity index (χ2n) is 6.43. The summed E-state index contributed by atoms with van der Waals surface area (Å²) >= 11 is 0. The average Bonchev–Trinajstić information content (AvgIpc) is 3.08. The van der Waals surface area contributed by atoms with E-state index in [-0.39, 0.29) is 6.61 Å². The van der Waals surface area contributed by atoms with Crippen LogP contribution in [0.4, 0.5) is 0 Å². The predicted octanol–water partition coefficient (Wildman–Crippen LogP) is 0.784. The van der Waals surface area contributed by atoms with Gasteiger partial charge < -0.3 is 24.0 Å². The molecule has 3 rings (SSSR count). The van der Waals surface area contributed by atoms with Crippen molar-refractivity contribution in [3.63, 3.8) is 0 Å². The minimum absolute atomic E-state index is 0.287. The standard InChI is InChI=1S/C19H21NO6/c1-3-12-9-17(22)26-15-8-11(2)7-14(18(12)15)25-10-16(21)20-6-4-5-13(20)19(23)24/h7-9,13H,3-6,10H2,1-2H3,(H,23,24)/p-1/t13-/m0/s1. The van der Waals surface area contributed by atoms with Crippen LogP contribution < -0.4 is 15.5 Å². The zero-order chi connectivity index (χ0) is 18.8. The highest BCUT2D eigenvalue weighted by Crippen LogP contribution is 2.30. The van der Waals surface area contributed by atoms with E-state index in [1.165, 1.54) is 11.0 Å². The number of carboxylic acids is 1. The fraction of sp³-hybridized carbons (Fsp3) is 0.421. The molecule has 1 amide bonds. The van der Waals surface area contributed by atoms with Gasteiger partial charge in [-0.1, -0.05) is 6.92 Å². The van der Waals surface area contributed by atoms with Gasteiger partial charge in [0, 0.05) is 12.6 Å². The molecule has 1 aromatic heterocycles. The number of amides is 1. The van der Waals surface area contributed by atoms with E-state index in [0.717, 1.165) is 11.1 Å². The summed E-state index contributed by atoms with van der Waals surface area (Å²) in [6, 6.07) is 4.04. The minimum atomic E-state index is -1.24. The Morgan fingerprint density at radius 1 is 1.35 bits per heavy atom. The molecule has 0 bridgehead atoms. The van der Waals surface area contributed by atoms with Gasteiger partial charge in [0.2, 0.25) is 0 Å². The van der Waals surface area contributed by atoms with Crippen LogP contribution >= 0.6 is 0 Å². The second-order valence-corrected chi connectivity index (χ2v) is 6.43. The number of benzene rings is 1. The first-order valence-electron chi connectivity index (χ1n) is 8.61. The molecule has 0 spiro atoms. The Kier molecular flexibility index (Phi) is 4.97. The molecule has 1 saturated heterocycles. The van der Waals surface area contributed by atoms with E-state index < -0.39 is 23.5 Å². The number of likely N-dealkylation sites (tertiary alicyclic amines) is 1. The zero-order valence-electron chi connectivity index (χ0n) is 14.7. The SMILES string of the molecule is CCc1cc(=O)oc2cc(C)cc(OCC(=O)N3CCC[C@H]3C(=O)[O-])c12. The third-order valence-corrected chi connectivity index (χ3v) is 4.61. The van der Waals surface area contributed by atoms with E-state index >= 15 is 0 Å². The second kappa shape index (κ2) is 7.19. The smallest absolute Gasteiger partial charge is 0.336 e. The van der Waals surface area contributed by atoms with Crippen LogP contribution in [0, 0.1) is 6.92 Å². The van der Waals surface area contributed by atoms with Gasteiger partial charge >= 0.3 is 5.63 Å². The molecule has 0 aliphatic carbocycles. The third kappa shape index (κ3) is 3.42. The first kappa shape index (κ1) is 18.0. The van der Waals surface area contributed by atoms with Crippen LogP contribution in [-0.2, 0) is 16.0 Å². The van der Waals surface area contributed by atoms with Gasteiger partial charge in [0.15, 0.2) is 6.61 Å². The van der Waals surface area contributed by atoms with Crippen LogP contribution in [0.15, 0.2) is 27.4 Å². The first-order chi connectivity index (χ1) is 12.4. The Hall–Kier alpha value is -2.83. The highest BCUT2D eigenvalue weighted by molar-refractivity contribution is 5.89. The molecule has 0 unspecified atom stereocenters. The molecular formula is C19H20NO6-. The van der Waals surface area contributed by atoms with Gasteiger partial charge in [-0.05, 0) is 49.4 Å². The van der Waals surface area contributed by atoms with Crippen LogP contribution in [0.25, 0.3) is 11.0 Å². The fourth-order valence-corrected chi connectivity index (χ4v) is 3.40. The summed E-state index contributed by atoms with van der Waals surface area (Å²) in [7, 11) is 0. The third-order valence-electron chi connectivity index (χ3n) is 4.61. The van der Waals surface area contributed by atoms with E-state index in [0.29, 0.717) is 42.5 Å². The molecule has 0 N–H and O–H groups in total. The van der Waals surface area contributed by atoms with Crippen LogP contribution in [0.5, 0.6) is 5.75 Å². The molecule has 2 heterocycles. The van der Waals surface area contributed by atoms with Gasteiger partial charge in [-0.15, -0.1) is 0 Å². The Morgan fingerprint density at radius 2 is 2.12 bits per heavy atom. The lowest BCUT2D eigenvalue weighted by atomic mass is 10.1. The quantitative estimate of drug-likeness (QED) is 0.733. The average molecular weight is 358 g/mol. The number of aryl methyl sites for hydroxylation is 2. The highest BCUT2D eigenvalue weighted by atomic mass is 16.5. The Bertz CT molecular complexity index is 916. The summed E-state index contributed by atoms with van der Waals surface area (Å²) in [6.07, 6.45) is 1.63. The van der Waals surface area contributed by atoms with Crippen LogP contribution in [0.3, 0.4) is 0 Å². The Balaban J connectivity index is 1.88. The molecule has 2 aromatic rings. The van der Waals surface area contributed by atoms with Gasteiger partial charge in [0.1, 0.15) is 11.3 Å². The monoisotopic (exact) mass is 358 g/mol. The minimum Gasteiger partial charge on any atom is -0.548 e. The molecule has 1 aliphatic rings. The number of carbonyl (C=O) groups excluding carboxylic acids is 2.